The first-order chi connectivity index (χ1) is 9.63. The van der Waals surface area contributed by atoms with E-state index in [4.69, 9.17) is 4.74 Å². The highest BCUT2D eigenvalue weighted by Crippen LogP contribution is 2.28. The standard InChI is InChI=1S/C14H22N2O3S/c1-2-16-20(17,18)14-6-4-3-5-13(14)15-9-10-19-11-12-7-8-12/h3-6,12,15-16H,2,7-11H2,1H3. The van der Waals surface area contributed by atoms with Crippen LogP contribution in [0, 0.1) is 5.92 Å². The van der Waals surface area contributed by atoms with Crippen LogP contribution in [-0.4, -0.2) is 34.7 Å². The van der Waals surface area contributed by atoms with Gasteiger partial charge in [-0.2, -0.15) is 0 Å². The van der Waals surface area contributed by atoms with Crippen LogP contribution < -0.4 is 10.0 Å². The Kier molecular flexibility index (Phi) is 5.39. The summed E-state index contributed by atoms with van der Waals surface area (Å²) in [6, 6.07) is 6.91. The second-order valence-electron chi connectivity index (χ2n) is 4.94. The molecule has 0 aromatic heterocycles. The summed E-state index contributed by atoms with van der Waals surface area (Å²) in [6.45, 7) is 4.15. The molecule has 20 heavy (non-hydrogen) atoms. The van der Waals surface area contributed by atoms with Gasteiger partial charge in [0.1, 0.15) is 4.90 Å². The zero-order chi connectivity index (χ0) is 14.4. The molecule has 5 nitrogen and oxygen atoms in total. The number of para-hydroxylation sites is 1. The molecule has 2 N–H and O–H groups in total. The summed E-state index contributed by atoms with van der Waals surface area (Å²) >= 11 is 0. The van der Waals surface area contributed by atoms with Crippen LogP contribution >= 0.6 is 0 Å². The third-order valence-electron chi connectivity index (χ3n) is 3.12. The Hall–Kier alpha value is -1.11. The number of nitrogens with one attached hydrogen (secondary N) is 2. The summed E-state index contributed by atoms with van der Waals surface area (Å²) in [5.74, 6) is 0.747. The lowest BCUT2D eigenvalue weighted by atomic mass is 10.3. The number of hydrogen-bond donors (Lipinski definition) is 2. The molecule has 112 valence electrons. The van der Waals surface area contributed by atoms with Crippen molar-refractivity contribution >= 4 is 15.7 Å². The normalized spacial score (nSPS) is 15.2. The fraction of sp³-hybridized carbons (Fsp3) is 0.571. The van der Waals surface area contributed by atoms with Gasteiger partial charge in [0.05, 0.1) is 12.3 Å². The van der Waals surface area contributed by atoms with Crippen LogP contribution in [0.4, 0.5) is 5.69 Å². The van der Waals surface area contributed by atoms with Crippen molar-refractivity contribution in [1.82, 2.24) is 4.72 Å². The van der Waals surface area contributed by atoms with Crippen molar-refractivity contribution < 1.29 is 13.2 Å². The van der Waals surface area contributed by atoms with Crippen LogP contribution in [0.5, 0.6) is 0 Å². The molecule has 6 heteroatoms. The number of benzene rings is 1. The van der Waals surface area contributed by atoms with Crippen molar-refractivity contribution in [2.45, 2.75) is 24.7 Å². The first kappa shape index (κ1) is 15.3. The number of ether oxygens (including phenoxy) is 1. The summed E-state index contributed by atoms with van der Waals surface area (Å²) in [6.07, 6.45) is 2.55. The minimum Gasteiger partial charge on any atom is -0.382 e. The Labute approximate surface area is 120 Å². The maximum atomic E-state index is 12.1. The van der Waals surface area contributed by atoms with Crippen molar-refractivity contribution in [2.75, 3.05) is 31.6 Å². The van der Waals surface area contributed by atoms with Gasteiger partial charge in [-0.25, -0.2) is 13.1 Å². The minimum absolute atomic E-state index is 0.282. The van der Waals surface area contributed by atoms with Crippen LogP contribution in [0.15, 0.2) is 29.2 Å². The summed E-state index contributed by atoms with van der Waals surface area (Å²) in [5.41, 5.74) is 0.614. The fourth-order valence-electron chi connectivity index (χ4n) is 1.91. The zero-order valence-corrected chi connectivity index (χ0v) is 12.6. The molecule has 0 amide bonds. The average Bonchev–Trinajstić information content (AvgIpc) is 3.23. The predicted molar refractivity (Wildman–Crippen MR) is 79.3 cm³/mol. The molecule has 1 aliphatic rings. The monoisotopic (exact) mass is 298 g/mol. The molecule has 0 bridgehead atoms. The summed E-state index contributed by atoms with van der Waals surface area (Å²) < 4.78 is 32.1. The van der Waals surface area contributed by atoms with Gasteiger partial charge in [-0.05, 0) is 30.9 Å². The lowest BCUT2D eigenvalue weighted by Crippen LogP contribution is -2.24. The van der Waals surface area contributed by atoms with Crippen molar-refractivity contribution in [1.29, 1.82) is 0 Å². The second-order valence-corrected chi connectivity index (χ2v) is 6.68. The molecule has 0 atom stereocenters. The molecule has 1 aliphatic carbocycles. The molecule has 0 heterocycles. The van der Waals surface area contributed by atoms with Gasteiger partial charge in [-0.3, -0.25) is 0 Å². The number of hydrogen-bond acceptors (Lipinski definition) is 4. The number of sulfonamides is 1. The highest BCUT2D eigenvalue weighted by Gasteiger charge is 2.21. The Morgan fingerprint density at radius 2 is 2.05 bits per heavy atom. The molecule has 1 aromatic rings. The molecule has 2 rings (SSSR count). The average molecular weight is 298 g/mol. The van der Waals surface area contributed by atoms with Gasteiger partial charge < -0.3 is 10.1 Å². The number of rotatable bonds is 9. The third-order valence-corrected chi connectivity index (χ3v) is 4.73. The second kappa shape index (κ2) is 7.06. The van der Waals surface area contributed by atoms with Crippen molar-refractivity contribution in [3.63, 3.8) is 0 Å². The zero-order valence-electron chi connectivity index (χ0n) is 11.8. The molecule has 0 unspecified atom stereocenters. The van der Waals surface area contributed by atoms with Gasteiger partial charge in [0, 0.05) is 19.7 Å². The van der Waals surface area contributed by atoms with Gasteiger partial charge in [0.15, 0.2) is 0 Å². The lowest BCUT2D eigenvalue weighted by Gasteiger charge is -2.12. The molecule has 1 aromatic carbocycles. The Morgan fingerprint density at radius 1 is 1.30 bits per heavy atom. The van der Waals surface area contributed by atoms with Crippen molar-refractivity contribution in [2.24, 2.45) is 5.92 Å². The molecule has 1 fully saturated rings. The van der Waals surface area contributed by atoms with Crippen molar-refractivity contribution in [3.05, 3.63) is 24.3 Å². The van der Waals surface area contributed by atoms with E-state index in [1.807, 2.05) is 6.07 Å². The van der Waals surface area contributed by atoms with E-state index in [2.05, 4.69) is 10.0 Å². The highest BCUT2D eigenvalue weighted by atomic mass is 32.2. The summed E-state index contributed by atoms with van der Waals surface area (Å²) in [5, 5.41) is 3.13. The van der Waals surface area contributed by atoms with Gasteiger partial charge in [-0.1, -0.05) is 19.1 Å². The molecule has 1 saturated carbocycles. The Bertz CT molecular complexity index is 527. The Balaban J connectivity index is 1.89. The largest absolute Gasteiger partial charge is 0.382 e. The van der Waals surface area contributed by atoms with Crippen LogP contribution in [0.25, 0.3) is 0 Å². The predicted octanol–water partition coefficient (Wildman–Crippen LogP) is 1.82. The fourth-order valence-corrected chi connectivity index (χ4v) is 3.13. The topological polar surface area (TPSA) is 67.4 Å². The van der Waals surface area contributed by atoms with Crippen LogP contribution in [0.3, 0.4) is 0 Å². The molecule has 0 saturated heterocycles. The third kappa shape index (κ3) is 4.47. The van der Waals surface area contributed by atoms with Gasteiger partial charge in [0.25, 0.3) is 0 Å². The van der Waals surface area contributed by atoms with E-state index in [0.29, 0.717) is 25.4 Å². The lowest BCUT2D eigenvalue weighted by molar-refractivity contribution is 0.134. The molecule has 0 spiro atoms. The Morgan fingerprint density at radius 3 is 2.75 bits per heavy atom. The van der Waals surface area contributed by atoms with Crippen LogP contribution in [-0.2, 0) is 14.8 Å². The SMILES string of the molecule is CCNS(=O)(=O)c1ccccc1NCCOCC1CC1. The van der Waals surface area contributed by atoms with Gasteiger partial charge >= 0.3 is 0 Å². The van der Waals surface area contributed by atoms with Crippen LogP contribution in [0.1, 0.15) is 19.8 Å². The summed E-state index contributed by atoms with van der Waals surface area (Å²) in [4.78, 5) is 0.282. The maximum absolute atomic E-state index is 12.1. The van der Waals surface area contributed by atoms with E-state index in [1.165, 1.54) is 12.8 Å². The molecule has 0 radical (unpaired) electrons. The van der Waals surface area contributed by atoms with E-state index in [9.17, 15) is 8.42 Å². The summed E-state index contributed by atoms with van der Waals surface area (Å²) in [7, 11) is -3.44. The smallest absolute Gasteiger partial charge is 0.242 e. The first-order valence-corrected chi connectivity index (χ1v) is 8.52. The van der Waals surface area contributed by atoms with E-state index < -0.39 is 10.0 Å². The van der Waals surface area contributed by atoms with Crippen molar-refractivity contribution in [3.8, 4) is 0 Å². The quantitative estimate of drug-likeness (QED) is 0.683. The minimum atomic E-state index is -3.44. The van der Waals surface area contributed by atoms with E-state index in [-0.39, 0.29) is 4.90 Å². The van der Waals surface area contributed by atoms with Gasteiger partial charge in [-0.15, -0.1) is 0 Å². The van der Waals surface area contributed by atoms with Gasteiger partial charge in [0.2, 0.25) is 10.0 Å². The van der Waals surface area contributed by atoms with E-state index in [0.717, 1.165) is 12.5 Å². The van der Waals surface area contributed by atoms with E-state index >= 15 is 0 Å². The number of anilines is 1. The van der Waals surface area contributed by atoms with Crippen LogP contribution in [0.2, 0.25) is 0 Å². The molecule has 0 aliphatic heterocycles. The molecular formula is C14H22N2O3S. The van der Waals surface area contributed by atoms with E-state index in [1.54, 1.807) is 25.1 Å². The maximum Gasteiger partial charge on any atom is 0.242 e. The highest BCUT2D eigenvalue weighted by molar-refractivity contribution is 7.89. The first-order valence-electron chi connectivity index (χ1n) is 7.04. The molecular weight excluding hydrogens is 276 g/mol.